The van der Waals surface area contributed by atoms with Crippen LogP contribution in [0.3, 0.4) is 0 Å². The number of ketones is 1. The molecule has 9 heteroatoms. The maximum Gasteiger partial charge on any atom is 0.295 e. The molecule has 5 rings (SSSR count). The molecule has 1 unspecified atom stereocenters. The van der Waals surface area contributed by atoms with E-state index in [-0.39, 0.29) is 36.2 Å². The molecule has 2 heterocycles. The molecule has 3 aromatic rings. The summed E-state index contributed by atoms with van der Waals surface area (Å²) in [6.07, 6.45) is 0. The minimum Gasteiger partial charge on any atom is -0.507 e. The smallest absolute Gasteiger partial charge is 0.295 e. The fourth-order valence-electron chi connectivity index (χ4n) is 4.53. The van der Waals surface area contributed by atoms with Crippen molar-refractivity contribution in [1.29, 1.82) is 0 Å². The van der Waals surface area contributed by atoms with Crippen LogP contribution in [0.4, 0.5) is 0 Å². The number of ether oxygens (including phenoxy) is 4. The molecule has 37 heavy (non-hydrogen) atoms. The molecular weight excluding hydrogens is 478 g/mol. The quantitative estimate of drug-likeness (QED) is 0.281. The van der Waals surface area contributed by atoms with Crippen molar-refractivity contribution in [2.45, 2.75) is 19.5 Å². The zero-order valence-corrected chi connectivity index (χ0v) is 20.3. The predicted octanol–water partition coefficient (Wildman–Crippen LogP) is 4.15. The minimum atomic E-state index is -0.948. The first-order valence-electron chi connectivity index (χ1n) is 11.7. The first kappa shape index (κ1) is 24.1. The number of benzene rings is 3. The van der Waals surface area contributed by atoms with Gasteiger partial charge in [-0.1, -0.05) is 18.2 Å². The molecule has 2 aliphatic rings. The number of methoxy groups -OCH3 is 1. The number of rotatable bonds is 7. The number of hydrogen-bond donors (Lipinski definition) is 2. The topological polar surface area (TPSA) is 115 Å². The predicted molar refractivity (Wildman–Crippen MR) is 133 cm³/mol. The number of likely N-dealkylation sites (tertiary alicyclic amines) is 1. The average Bonchev–Trinajstić information content (AvgIpc) is 3.48. The molecule has 0 spiro atoms. The van der Waals surface area contributed by atoms with E-state index in [1.165, 1.54) is 11.0 Å². The summed E-state index contributed by atoms with van der Waals surface area (Å²) in [4.78, 5) is 28.1. The highest BCUT2D eigenvalue weighted by molar-refractivity contribution is 6.46. The Hall–Kier alpha value is -4.66. The number of amides is 1. The van der Waals surface area contributed by atoms with Crippen molar-refractivity contribution in [1.82, 2.24) is 4.90 Å². The monoisotopic (exact) mass is 503 g/mol. The fourth-order valence-corrected chi connectivity index (χ4v) is 4.53. The summed E-state index contributed by atoms with van der Waals surface area (Å²) in [7, 11) is 1.54. The number of fused-ring (bicyclic) bond motifs is 1. The van der Waals surface area contributed by atoms with E-state index in [0.717, 1.165) is 5.56 Å². The second-order valence-electron chi connectivity index (χ2n) is 8.51. The molecule has 190 valence electrons. The van der Waals surface area contributed by atoms with E-state index in [0.29, 0.717) is 35.0 Å². The Morgan fingerprint density at radius 1 is 1.05 bits per heavy atom. The normalized spacial score (nSPS) is 17.8. The summed E-state index contributed by atoms with van der Waals surface area (Å²) in [5, 5.41) is 21.6. The molecule has 0 bridgehead atoms. The van der Waals surface area contributed by atoms with E-state index < -0.39 is 17.7 Å². The fraction of sp³-hybridized carbons (Fsp3) is 0.214. The molecule has 1 atom stereocenters. The Kier molecular flexibility index (Phi) is 6.35. The summed E-state index contributed by atoms with van der Waals surface area (Å²) in [5.41, 5.74) is 1.45. The van der Waals surface area contributed by atoms with Gasteiger partial charge in [-0.25, -0.2) is 0 Å². The van der Waals surface area contributed by atoms with Crippen LogP contribution in [0.25, 0.3) is 5.76 Å². The van der Waals surface area contributed by atoms with Crippen molar-refractivity contribution in [3.8, 4) is 28.7 Å². The van der Waals surface area contributed by atoms with Gasteiger partial charge in [0.15, 0.2) is 23.0 Å². The van der Waals surface area contributed by atoms with Gasteiger partial charge in [-0.2, -0.15) is 0 Å². The Bertz CT molecular complexity index is 1410. The van der Waals surface area contributed by atoms with Gasteiger partial charge in [0.05, 0.1) is 25.3 Å². The molecule has 1 fully saturated rings. The summed E-state index contributed by atoms with van der Waals surface area (Å²) >= 11 is 0. The van der Waals surface area contributed by atoms with Crippen LogP contribution in [-0.2, 0) is 16.1 Å². The van der Waals surface area contributed by atoms with Crippen LogP contribution in [0.5, 0.6) is 28.7 Å². The Labute approximate surface area is 213 Å². The molecular formula is C28H25NO8. The van der Waals surface area contributed by atoms with Crippen molar-refractivity contribution < 1.29 is 38.7 Å². The lowest BCUT2D eigenvalue weighted by molar-refractivity contribution is -0.140. The largest absolute Gasteiger partial charge is 0.507 e. The summed E-state index contributed by atoms with van der Waals surface area (Å²) < 4.78 is 21.6. The molecule has 0 aliphatic carbocycles. The highest BCUT2D eigenvalue weighted by atomic mass is 16.7. The summed E-state index contributed by atoms with van der Waals surface area (Å²) in [6, 6.07) is 15.6. The van der Waals surface area contributed by atoms with Gasteiger partial charge in [-0.3, -0.25) is 9.59 Å². The third kappa shape index (κ3) is 4.40. The third-order valence-electron chi connectivity index (χ3n) is 6.27. The van der Waals surface area contributed by atoms with Crippen molar-refractivity contribution >= 4 is 17.4 Å². The van der Waals surface area contributed by atoms with Crippen LogP contribution in [0.2, 0.25) is 0 Å². The first-order chi connectivity index (χ1) is 17.9. The maximum absolute atomic E-state index is 13.4. The second kappa shape index (κ2) is 9.77. The van der Waals surface area contributed by atoms with Crippen molar-refractivity contribution in [2.75, 3.05) is 20.5 Å². The number of phenolic OH excluding ortho intramolecular Hbond substituents is 1. The molecule has 0 radical (unpaired) electrons. The molecule has 2 N–H and O–H groups in total. The first-order valence-corrected chi connectivity index (χ1v) is 11.7. The molecule has 1 amide bonds. The van der Waals surface area contributed by atoms with Gasteiger partial charge in [0, 0.05) is 12.1 Å². The minimum absolute atomic E-state index is 0.0538. The molecule has 0 saturated carbocycles. The molecule has 2 aliphatic heterocycles. The van der Waals surface area contributed by atoms with Crippen molar-refractivity contribution in [2.24, 2.45) is 0 Å². The van der Waals surface area contributed by atoms with E-state index in [4.69, 9.17) is 18.9 Å². The van der Waals surface area contributed by atoms with E-state index in [1.807, 2.05) is 6.07 Å². The lowest BCUT2D eigenvalue weighted by Gasteiger charge is -2.26. The van der Waals surface area contributed by atoms with Crippen LogP contribution < -0.4 is 18.9 Å². The van der Waals surface area contributed by atoms with Gasteiger partial charge in [0.25, 0.3) is 11.7 Å². The highest BCUT2D eigenvalue weighted by Gasteiger charge is 2.46. The number of phenols is 1. The standard InChI is InChI=1S/C28H25NO8/c1-3-35-22-12-17(7-9-20(22)30)25-24(26(31)18-8-10-21-23(13-18)37-15-36-21)27(32)28(33)29(25)14-16-5-4-6-19(11-16)34-2/h4-13,25,30-31H,3,14-15H2,1-2H3/b26-24+. The van der Waals surface area contributed by atoms with Gasteiger partial charge in [-0.05, 0) is 60.5 Å². The number of carbonyl (C=O) groups is 2. The molecule has 9 nitrogen and oxygen atoms in total. The van der Waals surface area contributed by atoms with Crippen LogP contribution >= 0.6 is 0 Å². The summed E-state index contributed by atoms with van der Waals surface area (Å²) in [5.74, 6) is -0.257. The summed E-state index contributed by atoms with van der Waals surface area (Å²) in [6.45, 7) is 2.21. The Morgan fingerprint density at radius 3 is 2.65 bits per heavy atom. The lowest BCUT2D eigenvalue weighted by atomic mass is 9.94. The van der Waals surface area contributed by atoms with Gasteiger partial charge in [0.2, 0.25) is 6.79 Å². The lowest BCUT2D eigenvalue weighted by Crippen LogP contribution is -2.29. The van der Waals surface area contributed by atoms with Crippen LogP contribution in [-0.4, -0.2) is 47.3 Å². The number of Topliss-reactive ketones (excluding diaryl/α,β-unsaturated/α-hetero) is 1. The number of aliphatic hydroxyl groups is 1. The van der Waals surface area contributed by atoms with Gasteiger partial charge in [-0.15, -0.1) is 0 Å². The van der Waals surface area contributed by atoms with E-state index in [1.54, 1.807) is 62.6 Å². The zero-order valence-electron chi connectivity index (χ0n) is 20.3. The van der Waals surface area contributed by atoms with Crippen molar-refractivity contribution in [3.05, 3.63) is 82.9 Å². The third-order valence-corrected chi connectivity index (χ3v) is 6.27. The average molecular weight is 504 g/mol. The Morgan fingerprint density at radius 2 is 1.86 bits per heavy atom. The maximum atomic E-state index is 13.4. The molecule has 0 aromatic heterocycles. The number of hydrogen-bond acceptors (Lipinski definition) is 8. The van der Waals surface area contributed by atoms with E-state index in [9.17, 15) is 19.8 Å². The highest BCUT2D eigenvalue weighted by Crippen LogP contribution is 2.43. The van der Waals surface area contributed by atoms with Crippen LogP contribution in [0.1, 0.15) is 29.7 Å². The van der Waals surface area contributed by atoms with Gasteiger partial charge < -0.3 is 34.1 Å². The molecule has 1 saturated heterocycles. The SMILES string of the molecule is CCOc1cc(C2/C(=C(\O)c3ccc4c(c3)OCO4)C(=O)C(=O)N2Cc2cccc(OC)c2)ccc1O. The van der Waals surface area contributed by atoms with Crippen molar-refractivity contribution in [3.63, 3.8) is 0 Å². The number of carbonyl (C=O) groups excluding carboxylic acids is 2. The van der Waals surface area contributed by atoms with Crippen LogP contribution in [0, 0.1) is 0 Å². The van der Waals surface area contributed by atoms with E-state index in [2.05, 4.69) is 0 Å². The number of aliphatic hydroxyl groups excluding tert-OH is 1. The number of nitrogens with zero attached hydrogens (tertiary/aromatic N) is 1. The Balaban J connectivity index is 1.65. The number of aromatic hydroxyl groups is 1. The van der Waals surface area contributed by atoms with Crippen LogP contribution in [0.15, 0.2) is 66.2 Å². The van der Waals surface area contributed by atoms with E-state index >= 15 is 0 Å². The zero-order chi connectivity index (χ0) is 26.1. The second-order valence-corrected chi connectivity index (χ2v) is 8.51. The van der Waals surface area contributed by atoms with Gasteiger partial charge >= 0.3 is 0 Å². The van der Waals surface area contributed by atoms with Gasteiger partial charge in [0.1, 0.15) is 11.5 Å². The molecule has 3 aromatic carbocycles.